The van der Waals surface area contributed by atoms with Gasteiger partial charge in [-0.1, -0.05) is 0 Å². The molecule has 14 heavy (non-hydrogen) atoms. The fourth-order valence-electron chi connectivity index (χ4n) is 1.36. The second-order valence-corrected chi connectivity index (χ2v) is 5.04. The third kappa shape index (κ3) is 3.74. The van der Waals surface area contributed by atoms with Gasteiger partial charge in [0.2, 0.25) is 0 Å². The Labute approximate surface area is 89.3 Å². The highest BCUT2D eigenvalue weighted by atomic mass is 32.1. The molecule has 1 aromatic heterocycles. The van der Waals surface area contributed by atoms with Crippen molar-refractivity contribution in [3.05, 3.63) is 16.6 Å². The first-order valence-electron chi connectivity index (χ1n) is 4.72. The summed E-state index contributed by atoms with van der Waals surface area (Å²) in [5.41, 5.74) is 5.87. The number of hydrogen-bond donors (Lipinski definition) is 1. The van der Waals surface area contributed by atoms with E-state index >= 15 is 0 Å². The van der Waals surface area contributed by atoms with Crippen molar-refractivity contribution in [2.24, 2.45) is 5.73 Å². The molecule has 1 aromatic rings. The van der Waals surface area contributed by atoms with Crippen LogP contribution in [0, 0.1) is 0 Å². The molecule has 0 saturated carbocycles. The van der Waals surface area contributed by atoms with Gasteiger partial charge in [0.05, 0.1) is 10.6 Å². The summed E-state index contributed by atoms with van der Waals surface area (Å²) in [7, 11) is 1.72. The van der Waals surface area contributed by atoms with Crippen LogP contribution in [-0.2, 0) is 11.2 Å². The maximum Gasteiger partial charge on any atom is 0.0940 e. The number of thiazole rings is 1. The Balaban J connectivity index is 2.40. The van der Waals surface area contributed by atoms with E-state index < -0.39 is 0 Å². The predicted molar refractivity (Wildman–Crippen MR) is 59.5 cm³/mol. The van der Waals surface area contributed by atoms with Crippen molar-refractivity contribution < 1.29 is 4.74 Å². The van der Waals surface area contributed by atoms with Gasteiger partial charge in [-0.3, -0.25) is 0 Å². The fraction of sp³-hybridized carbons (Fsp3) is 0.700. The number of nitrogens with zero attached hydrogens (tertiary/aromatic N) is 1. The summed E-state index contributed by atoms with van der Waals surface area (Å²) >= 11 is 1.65. The number of ether oxygens (including phenoxy) is 1. The third-order valence-electron chi connectivity index (χ3n) is 2.23. The Morgan fingerprint density at radius 1 is 1.64 bits per heavy atom. The van der Waals surface area contributed by atoms with Crippen LogP contribution in [0.25, 0.3) is 0 Å². The normalized spacial score (nSPS) is 14.3. The predicted octanol–water partition coefficient (Wildman–Crippen LogP) is 1.83. The molecule has 0 amide bonds. The van der Waals surface area contributed by atoms with Crippen molar-refractivity contribution in [2.45, 2.75) is 38.3 Å². The average molecular weight is 214 g/mol. The molecule has 4 heteroatoms. The van der Waals surface area contributed by atoms with Crippen molar-refractivity contribution in [1.29, 1.82) is 0 Å². The van der Waals surface area contributed by atoms with Gasteiger partial charge < -0.3 is 10.5 Å². The highest BCUT2D eigenvalue weighted by Crippen LogP contribution is 2.17. The molecule has 1 heterocycles. The quantitative estimate of drug-likeness (QED) is 0.813. The monoisotopic (exact) mass is 214 g/mol. The molecule has 80 valence electrons. The molecule has 0 saturated heterocycles. The first kappa shape index (κ1) is 11.6. The van der Waals surface area contributed by atoms with E-state index in [2.05, 4.69) is 18.8 Å². The number of nitrogens with two attached hydrogens (primary N) is 1. The van der Waals surface area contributed by atoms with Crippen LogP contribution >= 0.6 is 11.3 Å². The van der Waals surface area contributed by atoms with E-state index in [-0.39, 0.29) is 11.6 Å². The van der Waals surface area contributed by atoms with Crippen LogP contribution in [0.5, 0.6) is 0 Å². The second-order valence-electron chi connectivity index (χ2n) is 4.06. The van der Waals surface area contributed by atoms with Gasteiger partial charge in [-0.2, -0.15) is 0 Å². The lowest BCUT2D eigenvalue weighted by Gasteiger charge is -2.26. The van der Waals surface area contributed by atoms with Crippen LogP contribution in [0.2, 0.25) is 0 Å². The first-order valence-corrected chi connectivity index (χ1v) is 5.60. The first-order chi connectivity index (χ1) is 6.53. The van der Waals surface area contributed by atoms with Crippen LogP contribution in [0.3, 0.4) is 0 Å². The van der Waals surface area contributed by atoms with E-state index in [4.69, 9.17) is 10.5 Å². The van der Waals surface area contributed by atoms with Gasteiger partial charge >= 0.3 is 0 Å². The zero-order valence-electron chi connectivity index (χ0n) is 8.99. The van der Waals surface area contributed by atoms with Crippen molar-refractivity contribution in [3.63, 3.8) is 0 Å². The zero-order valence-corrected chi connectivity index (χ0v) is 9.80. The molecule has 0 aromatic carbocycles. The molecule has 1 unspecified atom stereocenters. The van der Waals surface area contributed by atoms with Crippen LogP contribution in [0.1, 0.15) is 25.3 Å². The van der Waals surface area contributed by atoms with Crippen molar-refractivity contribution in [3.8, 4) is 0 Å². The average Bonchev–Trinajstić information content (AvgIpc) is 2.55. The minimum Gasteiger partial charge on any atom is -0.379 e. The van der Waals surface area contributed by atoms with E-state index in [9.17, 15) is 0 Å². The standard InChI is InChI=1S/C10H18N2OS/c1-10(2,13-3)7-8(11)6-9-12-4-5-14-9/h4-5,8H,6-7,11H2,1-3H3. The Morgan fingerprint density at radius 3 is 2.86 bits per heavy atom. The Morgan fingerprint density at radius 2 is 2.36 bits per heavy atom. The van der Waals surface area contributed by atoms with Gasteiger partial charge in [-0.25, -0.2) is 4.98 Å². The number of hydrogen-bond acceptors (Lipinski definition) is 4. The third-order valence-corrected chi connectivity index (χ3v) is 3.03. The molecule has 0 radical (unpaired) electrons. The lowest BCUT2D eigenvalue weighted by Crippen LogP contribution is -2.35. The molecule has 0 fully saturated rings. The van der Waals surface area contributed by atoms with E-state index in [0.29, 0.717) is 0 Å². The van der Waals surface area contributed by atoms with E-state index in [1.807, 2.05) is 11.6 Å². The maximum absolute atomic E-state index is 6.01. The Kier molecular flexibility index (Phi) is 4.04. The molecular formula is C10H18N2OS. The van der Waals surface area contributed by atoms with Gasteiger partial charge in [-0.05, 0) is 20.3 Å². The highest BCUT2D eigenvalue weighted by Gasteiger charge is 2.20. The zero-order chi connectivity index (χ0) is 10.6. The summed E-state index contributed by atoms with van der Waals surface area (Å²) < 4.78 is 5.33. The molecule has 2 N–H and O–H groups in total. The molecule has 0 aliphatic rings. The van der Waals surface area contributed by atoms with Gasteiger partial charge in [0.1, 0.15) is 0 Å². The van der Waals surface area contributed by atoms with Crippen molar-refractivity contribution in [2.75, 3.05) is 7.11 Å². The van der Waals surface area contributed by atoms with Gasteiger partial charge in [0.15, 0.2) is 0 Å². The molecule has 0 aliphatic carbocycles. The highest BCUT2D eigenvalue weighted by molar-refractivity contribution is 7.09. The summed E-state index contributed by atoms with van der Waals surface area (Å²) in [5, 5.41) is 3.08. The van der Waals surface area contributed by atoms with Crippen LogP contribution in [0.15, 0.2) is 11.6 Å². The van der Waals surface area contributed by atoms with Gasteiger partial charge in [0, 0.05) is 31.1 Å². The smallest absolute Gasteiger partial charge is 0.0940 e. The Hall–Kier alpha value is -0.450. The van der Waals surface area contributed by atoms with Gasteiger partial charge in [0.25, 0.3) is 0 Å². The molecule has 0 aliphatic heterocycles. The summed E-state index contributed by atoms with van der Waals surface area (Å²) in [5.74, 6) is 0. The summed E-state index contributed by atoms with van der Waals surface area (Å²) in [4.78, 5) is 4.21. The minimum atomic E-state index is -0.142. The van der Waals surface area contributed by atoms with E-state index in [1.54, 1.807) is 18.4 Å². The molecule has 0 bridgehead atoms. The molecule has 3 nitrogen and oxygen atoms in total. The lowest BCUT2D eigenvalue weighted by atomic mass is 9.97. The summed E-state index contributed by atoms with van der Waals surface area (Å²) in [6.07, 6.45) is 3.50. The van der Waals surface area contributed by atoms with Crippen LogP contribution < -0.4 is 5.73 Å². The van der Waals surface area contributed by atoms with Gasteiger partial charge in [-0.15, -0.1) is 11.3 Å². The molecular weight excluding hydrogens is 196 g/mol. The summed E-state index contributed by atoms with van der Waals surface area (Å²) in [6.45, 7) is 4.10. The molecule has 1 atom stereocenters. The number of methoxy groups -OCH3 is 1. The van der Waals surface area contributed by atoms with E-state index in [0.717, 1.165) is 17.8 Å². The lowest BCUT2D eigenvalue weighted by molar-refractivity contribution is 0.0102. The van der Waals surface area contributed by atoms with E-state index in [1.165, 1.54) is 0 Å². The van der Waals surface area contributed by atoms with Crippen molar-refractivity contribution in [1.82, 2.24) is 4.98 Å². The molecule has 0 spiro atoms. The Bertz CT molecular complexity index is 259. The topological polar surface area (TPSA) is 48.1 Å². The molecule has 1 rings (SSSR count). The largest absolute Gasteiger partial charge is 0.379 e. The number of rotatable bonds is 5. The minimum absolute atomic E-state index is 0.121. The second kappa shape index (κ2) is 4.87. The van der Waals surface area contributed by atoms with Crippen molar-refractivity contribution >= 4 is 11.3 Å². The number of aromatic nitrogens is 1. The fourth-order valence-corrected chi connectivity index (χ4v) is 2.08. The SMILES string of the molecule is COC(C)(C)CC(N)Cc1nccs1. The van der Waals surface area contributed by atoms with Crippen LogP contribution in [-0.4, -0.2) is 23.7 Å². The van der Waals surface area contributed by atoms with Crippen LogP contribution in [0.4, 0.5) is 0 Å². The summed E-state index contributed by atoms with van der Waals surface area (Å²) in [6, 6.07) is 0.121. The maximum atomic E-state index is 6.01.